The normalized spacial score (nSPS) is 14.0. The maximum absolute atomic E-state index is 14.1. The molecule has 3 aromatic rings. The molecule has 0 unspecified atom stereocenters. The number of thioether (sulfide) groups is 1. The predicted octanol–water partition coefficient (Wildman–Crippen LogP) is 4.82. The highest BCUT2D eigenvalue weighted by Crippen LogP contribution is 2.32. The van der Waals surface area contributed by atoms with Gasteiger partial charge in [-0.05, 0) is 42.8 Å². The highest BCUT2D eigenvalue weighted by Gasteiger charge is 2.33. The van der Waals surface area contributed by atoms with E-state index in [1.54, 1.807) is 24.3 Å². The molecule has 0 spiro atoms. The van der Waals surface area contributed by atoms with E-state index in [0.717, 1.165) is 25.0 Å². The van der Waals surface area contributed by atoms with Crippen LogP contribution in [0.3, 0.4) is 0 Å². The lowest BCUT2D eigenvalue weighted by molar-refractivity contribution is -0.133. The largest absolute Gasteiger partial charge is 0.334 e. The lowest BCUT2D eigenvalue weighted by atomic mass is 10.2. The Kier molecular flexibility index (Phi) is 5.49. The van der Waals surface area contributed by atoms with Gasteiger partial charge in [0.2, 0.25) is 5.91 Å². The second-order valence-corrected chi connectivity index (χ2v) is 7.79. The van der Waals surface area contributed by atoms with Crippen LogP contribution in [-0.4, -0.2) is 32.2 Å². The average molecular weight is 423 g/mol. The van der Waals surface area contributed by atoms with Gasteiger partial charge in [0.15, 0.2) is 5.16 Å². The molecule has 1 amide bonds. The quantitative estimate of drug-likeness (QED) is 0.404. The number of amides is 1. The molecular formula is C20H17F4N3OS. The Morgan fingerprint density at radius 1 is 1.21 bits per heavy atom. The van der Waals surface area contributed by atoms with E-state index < -0.39 is 17.4 Å². The number of halogens is 4. The summed E-state index contributed by atoms with van der Waals surface area (Å²) < 4.78 is 54.6. The van der Waals surface area contributed by atoms with E-state index in [1.165, 1.54) is 15.5 Å². The molecule has 0 aliphatic heterocycles. The van der Waals surface area contributed by atoms with Crippen molar-refractivity contribution in [3.8, 4) is 0 Å². The summed E-state index contributed by atoms with van der Waals surface area (Å²) in [5.41, 5.74) is 1.31. The molecule has 1 aromatic heterocycles. The third kappa shape index (κ3) is 4.39. The molecule has 1 aliphatic rings. The van der Waals surface area contributed by atoms with E-state index in [4.69, 9.17) is 0 Å². The number of hydrogen-bond acceptors (Lipinski definition) is 3. The summed E-state index contributed by atoms with van der Waals surface area (Å²) >= 11 is 0.283. The Morgan fingerprint density at radius 2 is 1.97 bits per heavy atom. The van der Waals surface area contributed by atoms with Gasteiger partial charge in [-0.25, -0.2) is 13.8 Å². The van der Waals surface area contributed by atoms with E-state index in [-0.39, 0.29) is 47.5 Å². The van der Waals surface area contributed by atoms with Gasteiger partial charge in [-0.2, -0.15) is 8.78 Å². The van der Waals surface area contributed by atoms with Crippen LogP contribution in [0, 0.1) is 11.6 Å². The first-order valence-corrected chi connectivity index (χ1v) is 9.94. The smallest absolute Gasteiger partial charge is 0.291 e. The molecule has 2 aromatic carbocycles. The first kappa shape index (κ1) is 19.8. The van der Waals surface area contributed by atoms with Crippen LogP contribution in [0.2, 0.25) is 0 Å². The number of para-hydroxylation sites is 2. The first-order chi connectivity index (χ1) is 13.9. The van der Waals surface area contributed by atoms with Gasteiger partial charge >= 0.3 is 0 Å². The van der Waals surface area contributed by atoms with Gasteiger partial charge in [0.1, 0.15) is 18.2 Å². The summed E-state index contributed by atoms with van der Waals surface area (Å²) in [4.78, 5) is 18.8. The summed E-state index contributed by atoms with van der Waals surface area (Å²) in [6, 6.07) is 10.1. The van der Waals surface area contributed by atoms with Crippen molar-refractivity contribution in [2.24, 2.45) is 0 Å². The van der Waals surface area contributed by atoms with E-state index in [0.29, 0.717) is 11.0 Å². The van der Waals surface area contributed by atoms with E-state index in [2.05, 4.69) is 4.98 Å². The molecule has 152 valence electrons. The van der Waals surface area contributed by atoms with Crippen LogP contribution in [0.4, 0.5) is 17.6 Å². The molecule has 4 nitrogen and oxygen atoms in total. The molecule has 0 bridgehead atoms. The van der Waals surface area contributed by atoms with Crippen LogP contribution >= 0.6 is 11.8 Å². The molecule has 9 heteroatoms. The lowest BCUT2D eigenvalue weighted by Crippen LogP contribution is -2.35. The summed E-state index contributed by atoms with van der Waals surface area (Å²) in [7, 11) is 0. The second kappa shape index (κ2) is 8.06. The van der Waals surface area contributed by atoms with Gasteiger partial charge in [-0.3, -0.25) is 4.79 Å². The minimum Gasteiger partial charge on any atom is -0.334 e. The molecule has 1 fully saturated rings. The van der Waals surface area contributed by atoms with Gasteiger partial charge in [0, 0.05) is 24.2 Å². The third-order valence-electron chi connectivity index (χ3n) is 4.77. The molecule has 0 atom stereocenters. The van der Waals surface area contributed by atoms with Crippen LogP contribution in [0.5, 0.6) is 0 Å². The Balaban J connectivity index is 1.61. The van der Waals surface area contributed by atoms with Crippen molar-refractivity contribution in [2.75, 3.05) is 0 Å². The average Bonchev–Trinajstić information content (AvgIpc) is 3.45. The van der Waals surface area contributed by atoms with Gasteiger partial charge < -0.3 is 9.47 Å². The van der Waals surface area contributed by atoms with Gasteiger partial charge in [0.25, 0.3) is 5.76 Å². The third-order valence-corrected chi connectivity index (χ3v) is 5.47. The number of aromatic nitrogens is 2. The summed E-state index contributed by atoms with van der Waals surface area (Å²) in [6.45, 7) is -0.186. The Morgan fingerprint density at radius 3 is 2.66 bits per heavy atom. The van der Waals surface area contributed by atoms with Crippen LogP contribution in [0.25, 0.3) is 11.0 Å². The number of benzene rings is 2. The van der Waals surface area contributed by atoms with E-state index >= 15 is 0 Å². The monoisotopic (exact) mass is 423 g/mol. The first-order valence-electron chi connectivity index (χ1n) is 9.06. The fourth-order valence-electron chi connectivity index (χ4n) is 3.24. The van der Waals surface area contributed by atoms with Crippen molar-refractivity contribution in [1.82, 2.24) is 14.5 Å². The minimum absolute atomic E-state index is 0.000430. The molecule has 4 rings (SSSR count). The fourth-order valence-corrected chi connectivity index (χ4v) is 3.84. The number of hydrogen-bond donors (Lipinski definition) is 0. The van der Waals surface area contributed by atoms with Crippen molar-refractivity contribution < 1.29 is 22.4 Å². The van der Waals surface area contributed by atoms with Crippen LogP contribution in [0.15, 0.2) is 47.6 Å². The lowest BCUT2D eigenvalue weighted by Gasteiger charge is -2.23. The van der Waals surface area contributed by atoms with Crippen molar-refractivity contribution in [1.29, 1.82) is 0 Å². The molecule has 1 heterocycles. The fraction of sp³-hybridized carbons (Fsp3) is 0.300. The van der Waals surface area contributed by atoms with Gasteiger partial charge in [0.05, 0.1) is 11.0 Å². The number of imidazole rings is 1. The molecule has 1 saturated carbocycles. The standard InChI is InChI=1S/C20H17F4N3OS/c21-13-6-5-12(15(22)9-13)10-26(14-7-8-14)18(28)11-27-17-4-2-1-3-16(17)25-20(27)29-19(23)24/h1-6,9,14,19H,7-8,10-11H2. The molecule has 0 N–H and O–H groups in total. The van der Waals surface area contributed by atoms with Crippen LogP contribution in [-0.2, 0) is 17.9 Å². The van der Waals surface area contributed by atoms with Crippen molar-refractivity contribution in [3.05, 3.63) is 59.7 Å². The number of nitrogens with zero attached hydrogens (tertiary/aromatic N) is 3. The zero-order valence-corrected chi connectivity index (χ0v) is 16.0. The Bertz CT molecular complexity index is 1050. The number of fused-ring (bicyclic) bond motifs is 1. The summed E-state index contributed by atoms with van der Waals surface area (Å²) in [6.07, 6.45) is 1.58. The second-order valence-electron chi connectivity index (χ2n) is 6.84. The highest BCUT2D eigenvalue weighted by molar-refractivity contribution is 7.99. The zero-order valence-electron chi connectivity index (χ0n) is 15.2. The van der Waals surface area contributed by atoms with Crippen molar-refractivity contribution >= 4 is 28.7 Å². The summed E-state index contributed by atoms with van der Waals surface area (Å²) in [5.74, 6) is -4.40. The maximum atomic E-state index is 14.1. The minimum atomic E-state index is -2.67. The number of rotatable bonds is 7. The number of carbonyl (C=O) groups is 1. The maximum Gasteiger partial charge on any atom is 0.291 e. The topological polar surface area (TPSA) is 38.1 Å². The molecule has 29 heavy (non-hydrogen) atoms. The van der Waals surface area contributed by atoms with Gasteiger partial charge in [-0.1, -0.05) is 18.2 Å². The van der Waals surface area contributed by atoms with Crippen molar-refractivity contribution in [3.63, 3.8) is 0 Å². The summed E-state index contributed by atoms with van der Waals surface area (Å²) in [5, 5.41) is 0.0539. The molecular weight excluding hydrogens is 406 g/mol. The highest BCUT2D eigenvalue weighted by atomic mass is 32.2. The number of alkyl halides is 2. The molecule has 0 radical (unpaired) electrons. The van der Waals surface area contributed by atoms with Crippen molar-refractivity contribution in [2.45, 2.75) is 42.9 Å². The Labute approximate surface area is 168 Å². The zero-order chi connectivity index (χ0) is 20.5. The number of carbonyl (C=O) groups excluding carboxylic acids is 1. The van der Waals surface area contributed by atoms with Crippen LogP contribution in [0.1, 0.15) is 18.4 Å². The SMILES string of the molecule is O=C(Cn1c(SC(F)F)nc2ccccc21)N(Cc1ccc(F)cc1F)C1CC1. The van der Waals surface area contributed by atoms with Crippen LogP contribution < -0.4 is 0 Å². The van der Waals surface area contributed by atoms with E-state index in [1.807, 2.05) is 0 Å². The predicted molar refractivity (Wildman–Crippen MR) is 102 cm³/mol. The molecule has 1 aliphatic carbocycles. The van der Waals surface area contributed by atoms with E-state index in [9.17, 15) is 22.4 Å². The molecule has 0 saturated heterocycles. The Hall–Kier alpha value is -2.55. The van der Waals surface area contributed by atoms with Gasteiger partial charge in [-0.15, -0.1) is 0 Å².